The van der Waals surface area contributed by atoms with Crippen LogP contribution in [0.1, 0.15) is 30.6 Å². The van der Waals surface area contributed by atoms with Crippen molar-refractivity contribution in [1.82, 2.24) is 4.98 Å². The van der Waals surface area contributed by atoms with Gasteiger partial charge in [-0.05, 0) is 55.8 Å². The molecule has 1 aromatic heterocycles. The largest absolute Gasteiger partial charge is 0.497 e. The molecule has 0 fully saturated rings. The van der Waals surface area contributed by atoms with Crippen molar-refractivity contribution in [3.05, 3.63) is 54.2 Å². The Morgan fingerprint density at radius 3 is 2.50 bits per heavy atom. The zero-order valence-corrected chi connectivity index (χ0v) is 16.3. The second-order valence-electron chi connectivity index (χ2n) is 6.15. The van der Waals surface area contributed by atoms with Gasteiger partial charge < -0.3 is 19.5 Å². The van der Waals surface area contributed by atoms with Crippen molar-refractivity contribution in [3.63, 3.8) is 0 Å². The number of anilines is 2. The average molecular weight is 380 g/mol. The highest BCUT2D eigenvalue weighted by molar-refractivity contribution is 6.06. The van der Waals surface area contributed by atoms with Gasteiger partial charge in [-0.1, -0.05) is 6.92 Å². The standard InChI is InChI=1S/C22H24N2O4/c1-4-12-28-16-8-6-15(7-9-16)24-21-18-13-17(26-3)10-11-20(18)23-14-19(21)22(25)27-5-2/h6-11,13-14H,4-5,12H2,1-3H3,(H,23,24). The molecule has 0 bridgehead atoms. The van der Waals surface area contributed by atoms with Gasteiger partial charge in [0.05, 0.1) is 31.5 Å². The zero-order chi connectivity index (χ0) is 19.9. The molecule has 0 atom stereocenters. The van der Waals surface area contributed by atoms with E-state index in [1.54, 1.807) is 14.0 Å². The third kappa shape index (κ3) is 4.34. The molecule has 2 aromatic carbocycles. The number of benzene rings is 2. The molecule has 3 rings (SSSR count). The van der Waals surface area contributed by atoms with Crippen LogP contribution in [0.5, 0.6) is 11.5 Å². The lowest BCUT2D eigenvalue weighted by Gasteiger charge is -2.15. The van der Waals surface area contributed by atoms with Crippen molar-refractivity contribution in [2.24, 2.45) is 0 Å². The highest BCUT2D eigenvalue weighted by Crippen LogP contribution is 2.32. The van der Waals surface area contributed by atoms with Gasteiger partial charge in [0, 0.05) is 17.3 Å². The summed E-state index contributed by atoms with van der Waals surface area (Å²) in [4.78, 5) is 16.9. The first kappa shape index (κ1) is 19.5. The molecule has 6 heteroatoms. The predicted octanol–water partition coefficient (Wildman–Crippen LogP) is 4.95. The number of esters is 1. The van der Waals surface area contributed by atoms with Crippen LogP contribution >= 0.6 is 0 Å². The van der Waals surface area contributed by atoms with Gasteiger partial charge in [0.1, 0.15) is 17.1 Å². The smallest absolute Gasteiger partial charge is 0.341 e. The zero-order valence-electron chi connectivity index (χ0n) is 16.3. The number of pyridine rings is 1. The summed E-state index contributed by atoms with van der Waals surface area (Å²) in [7, 11) is 1.60. The molecule has 3 aromatic rings. The van der Waals surface area contributed by atoms with Crippen LogP contribution in [0.2, 0.25) is 0 Å². The lowest BCUT2D eigenvalue weighted by Crippen LogP contribution is -2.09. The van der Waals surface area contributed by atoms with Crippen molar-refractivity contribution in [2.75, 3.05) is 25.6 Å². The fourth-order valence-electron chi connectivity index (χ4n) is 2.80. The Morgan fingerprint density at radius 2 is 1.82 bits per heavy atom. The molecule has 0 saturated carbocycles. The SMILES string of the molecule is CCCOc1ccc(Nc2c(C(=O)OCC)cnc3ccc(OC)cc23)cc1. The molecule has 28 heavy (non-hydrogen) atoms. The molecule has 1 N–H and O–H groups in total. The molecule has 0 spiro atoms. The van der Waals surface area contributed by atoms with E-state index < -0.39 is 5.97 Å². The Morgan fingerprint density at radius 1 is 1.07 bits per heavy atom. The minimum Gasteiger partial charge on any atom is -0.497 e. The maximum atomic E-state index is 12.5. The van der Waals surface area contributed by atoms with Crippen LogP contribution in [-0.4, -0.2) is 31.3 Å². The van der Waals surface area contributed by atoms with E-state index in [4.69, 9.17) is 14.2 Å². The van der Waals surface area contributed by atoms with Crippen LogP contribution in [0.25, 0.3) is 10.9 Å². The van der Waals surface area contributed by atoms with Crippen molar-refractivity contribution < 1.29 is 19.0 Å². The van der Waals surface area contributed by atoms with E-state index in [2.05, 4.69) is 17.2 Å². The fourth-order valence-corrected chi connectivity index (χ4v) is 2.80. The Kier molecular flexibility index (Phi) is 6.32. The van der Waals surface area contributed by atoms with E-state index in [9.17, 15) is 4.79 Å². The first-order valence-corrected chi connectivity index (χ1v) is 9.30. The van der Waals surface area contributed by atoms with Gasteiger partial charge in [-0.25, -0.2) is 4.79 Å². The molecule has 0 aliphatic heterocycles. The monoisotopic (exact) mass is 380 g/mol. The molecule has 0 aliphatic carbocycles. The highest BCUT2D eigenvalue weighted by Gasteiger charge is 2.17. The third-order valence-electron chi connectivity index (χ3n) is 4.17. The number of rotatable bonds is 8. The van der Waals surface area contributed by atoms with Gasteiger partial charge in [0.25, 0.3) is 0 Å². The minimum atomic E-state index is -0.426. The number of carbonyl (C=O) groups is 1. The molecule has 0 unspecified atom stereocenters. The van der Waals surface area contributed by atoms with E-state index in [1.807, 2.05) is 42.5 Å². The summed E-state index contributed by atoms with van der Waals surface area (Å²) in [6.07, 6.45) is 2.49. The summed E-state index contributed by atoms with van der Waals surface area (Å²) in [5.74, 6) is 1.06. The number of carbonyl (C=O) groups excluding carboxylic acids is 1. The van der Waals surface area contributed by atoms with Gasteiger partial charge in [0.2, 0.25) is 0 Å². The van der Waals surface area contributed by atoms with Crippen LogP contribution in [0.15, 0.2) is 48.7 Å². The second-order valence-corrected chi connectivity index (χ2v) is 6.15. The lowest BCUT2D eigenvalue weighted by atomic mass is 10.1. The first-order valence-electron chi connectivity index (χ1n) is 9.30. The van der Waals surface area contributed by atoms with Crippen molar-refractivity contribution in [3.8, 4) is 11.5 Å². The number of hydrogen-bond acceptors (Lipinski definition) is 6. The predicted molar refractivity (Wildman–Crippen MR) is 110 cm³/mol. The van der Waals surface area contributed by atoms with Crippen LogP contribution in [0.3, 0.4) is 0 Å². The van der Waals surface area contributed by atoms with Crippen LogP contribution < -0.4 is 14.8 Å². The van der Waals surface area contributed by atoms with Crippen LogP contribution in [-0.2, 0) is 4.74 Å². The van der Waals surface area contributed by atoms with E-state index in [-0.39, 0.29) is 6.61 Å². The van der Waals surface area contributed by atoms with E-state index in [1.165, 1.54) is 6.20 Å². The average Bonchev–Trinajstić information content (AvgIpc) is 2.73. The number of nitrogens with one attached hydrogen (secondary N) is 1. The maximum absolute atomic E-state index is 12.5. The van der Waals surface area contributed by atoms with Crippen LogP contribution in [0.4, 0.5) is 11.4 Å². The summed E-state index contributed by atoms with van der Waals surface area (Å²) >= 11 is 0. The highest BCUT2D eigenvalue weighted by atomic mass is 16.5. The quantitative estimate of drug-likeness (QED) is 0.558. The molecular weight excluding hydrogens is 356 g/mol. The number of aromatic nitrogens is 1. The summed E-state index contributed by atoms with van der Waals surface area (Å²) in [6, 6.07) is 13.2. The lowest BCUT2D eigenvalue weighted by molar-refractivity contribution is 0.0527. The van der Waals surface area contributed by atoms with E-state index in [0.29, 0.717) is 23.6 Å². The van der Waals surface area contributed by atoms with Crippen molar-refractivity contribution >= 4 is 28.2 Å². The van der Waals surface area contributed by atoms with Gasteiger partial charge in [-0.15, -0.1) is 0 Å². The fraction of sp³-hybridized carbons (Fsp3) is 0.273. The van der Waals surface area contributed by atoms with Gasteiger partial charge in [-0.3, -0.25) is 4.98 Å². The van der Waals surface area contributed by atoms with Gasteiger partial charge in [0.15, 0.2) is 0 Å². The number of methoxy groups -OCH3 is 1. The Labute approximate surface area is 164 Å². The number of ether oxygens (including phenoxy) is 3. The summed E-state index contributed by atoms with van der Waals surface area (Å²) in [5.41, 5.74) is 2.57. The van der Waals surface area contributed by atoms with Crippen molar-refractivity contribution in [2.45, 2.75) is 20.3 Å². The third-order valence-corrected chi connectivity index (χ3v) is 4.17. The minimum absolute atomic E-state index is 0.290. The Hall–Kier alpha value is -3.28. The summed E-state index contributed by atoms with van der Waals surface area (Å²) in [6.45, 7) is 4.81. The maximum Gasteiger partial charge on any atom is 0.341 e. The molecular formula is C22H24N2O4. The molecule has 0 amide bonds. The van der Waals surface area contributed by atoms with Gasteiger partial charge >= 0.3 is 5.97 Å². The number of hydrogen-bond donors (Lipinski definition) is 1. The molecule has 0 saturated heterocycles. The second kappa shape index (κ2) is 9.08. The van der Waals surface area contributed by atoms with E-state index >= 15 is 0 Å². The number of nitrogens with zero attached hydrogens (tertiary/aromatic N) is 1. The number of fused-ring (bicyclic) bond motifs is 1. The molecule has 0 radical (unpaired) electrons. The first-order chi connectivity index (χ1) is 13.7. The Balaban J connectivity index is 2.02. The van der Waals surface area contributed by atoms with Crippen LogP contribution in [0, 0.1) is 0 Å². The van der Waals surface area contributed by atoms with E-state index in [0.717, 1.165) is 28.8 Å². The van der Waals surface area contributed by atoms with Crippen molar-refractivity contribution in [1.29, 1.82) is 0 Å². The summed E-state index contributed by atoms with van der Waals surface area (Å²) in [5, 5.41) is 4.11. The molecule has 0 aliphatic rings. The van der Waals surface area contributed by atoms with Gasteiger partial charge in [-0.2, -0.15) is 0 Å². The summed E-state index contributed by atoms with van der Waals surface area (Å²) < 4.78 is 16.2. The molecule has 6 nitrogen and oxygen atoms in total. The Bertz CT molecular complexity index is 955. The normalized spacial score (nSPS) is 10.5. The molecule has 1 heterocycles. The molecule has 146 valence electrons. The topological polar surface area (TPSA) is 69.7 Å².